The fraction of sp³-hybridized carbons (Fsp3) is 0.222. The molecule has 8 nitrogen and oxygen atoms in total. The van der Waals surface area contributed by atoms with Crippen LogP contribution in [0.5, 0.6) is 0 Å². The number of amides is 2. The molecule has 2 amide bonds. The topological polar surface area (TPSA) is 113 Å². The number of para-hydroxylation sites is 1. The van der Waals surface area contributed by atoms with E-state index in [9.17, 15) is 9.59 Å². The van der Waals surface area contributed by atoms with Gasteiger partial charge in [-0.25, -0.2) is 0 Å². The summed E-state index contributed by atoms with van der Waals surface area (Å²) >= 11 is 1.11. The van der Waals surface area contributed by atoms with E-state index in [-0.39, 0.29) is 29.3 Å². The second-order valence-corrected chi connectivity index (χ2v) is 6.76. The Morgan fingerprint density at radius 1 is 1.11 bits per heavy atom. The van der Waals surface area contributed by atoms with Gasteiger partial charge in [-0.3, -0.25) is 9.59 Å². The number of thioether (sulfide) groups is 1. The van der Waals surface area contributed by atoms with Crippen LogP contribution in [0.1, 0.15) is 11.1 Å². The number of aromatic amines is 1. The third-order valence-corrected chi connectivity index (χ3v) is 4.57. The smallest absolute Gasteiger partial charge is 0.277 e. The van der Waals surface area contributed by atoms with Crippen LogP contribution in [-0.4, -0.2) is 39.3 Å². The third-order valence-electron chi connectivity index (χ3n) is 3.75. The molecule has 3 N–H and O–H groups in total. The Balaban J connectivity index is 1.44. The third kappa shape index (κ3) is 4.98. The van der Waals surface area contributed by atoms with Crippen LogP contribution in [0.25, 0.3) is 11.6 Å². The summed E-state index contributed by atoms with van der Waals surface area (Å²) in [5.41, 5.74) is 3.43. The molecule has 0 atom stereocenters. The average Bonchev–Trinajstić information content (AvgIpc) is 3.32. The lowest BCUT2D eigenvalue weighted by Gasteiger charge is -2.11. The minimum absolute atomic E-state index is 0.0725. The summed E-state index contributed by atoms with van der Waals surface area (Å²) in [5.74, 6) is -0.145. The molecule has 9 heteroatoms. The van der Waals surface area contributed by atoms with Crippen molar-refractivity contribution >= 4 is 29.3 Å². The normalized spacial score (nSPS) is 10.6. The lowest BCUT2D eigenvalue weighted by Crippen LogP contribution is -2.34. The summed E-state index contributed by atoms with van der Waals surface area (Å²) in [6, 6.07) is 9.40. The predicted octanol–water partition coefficient (Wildman–Crippen LogP) is 2.53. The Bertz CT molecular complexity index is 916. The molecule has 2 aromatic heterocycles. The van der Waals surface area contributed by atoms with E-state index in [0.29, 0.717) is 11.6 Å². The van der Waals surface area contributed by atoms with Crippen molar-refractivity contribution in [3.8, 4) is 11.6 Å². The molecule has 0 aliphatic heterocycles. The van der Waals surface area contributed by atoms with Crippen molar-refractivity contribution in [2.75, 3.05) is 17.6 Å². The highest BCUT2D eigenvalue weighted by Crippen LogP contribution is 2.21. The van der Waals surface area contributed by atoms with Gasteiger partial charge in [-0.15, -0.1) is 10.2 Å². The van der Waals surface area contributed by atoms with Crippen molar-refractivity contribution in [3.63, 3.8) is 0 Å². The number of aryl methyl sites for hydroxylation is 2. The van der Waals surface area contributed by atoms with Crippen molar-refractivity contribution < 1.29 is 14.0 Å². The van der Waals surface area contributed by atoms with Gasteiger partial charge < -0.3 is 20.0 Å². The van der Waals surface area contributed by atoms with E-state index in [0.717, 1.165) is 28.6 Å². The number of carbonyl (C=O) groups excluding carboxylic acids is 2. The summed E-state index contributed by atoms with van der Waals surface area (Å²) in [6.07, 6.45) is 1.75. The number of aromatic nitrogens is 3. The predicted molar refractivity (Wildman–Crippen MR) is 102 cm³/mol. The fourth-order valence-corrected chi connectivity index (χ4v) is 2.99. The average molecular weight is 385 g/mol. The summed E-state index contributed by atoms with van der Waals surface area (Å²) in [7, 11) is 0. The molecule has 140 valence electrons. The van der Waals surface area contributed by atoms with Crippen LogP contribution in [0.15, 0.2) is 46.2 Å². The molecular formula is C18H19N5O3S. The largest absolute Gasteiger partial charge is 0.410 e. The zero-order valence-electron chi connectivity index (χ0n) is 14.9. The molecule has 0 fully saturated rings. The Morgan fingerprint density at radius 3 is 2.59 bits per heavy atom. The molecule has 0 aliphatic rings. The standard InChI is InChI=1S/C18H19N5O3S/c1-11-5-3-6-12(2)16(11)21-14(24)9-20-15(25)10-27-18-23-22-17(26-18)13-7-4-8-19-13/h3-8,19H,9-10H2,1-2H3,(H,20,25)(H,21,24). The Kier molecular flexibility index (Phi) is 5.92. The van der Waals surface area contributed by atoms with E-state index in [2.05, 4.69) is 25.8 Å². The van der Waals surface area contributed by atoms with Crippen LogP contribution >= 0.6 is 11.8 Å². The molecule has 0 saturated carbocycles. The molecule has 3 aromatic rings. The van der Waals surface area contributed by atoms with Gasteiger partial charge in [-0.05, 0) is 37.1 Å². The molecule has 27 heavy (non-hydrogen) atoms. The Labute approximate surface area is 160 Å². The number of nitrogens with zero attached hydrogens (tertiary/aromatic N) is 2. The van der Waals surface area contributed by atoms with Gasteiger partial charge in [0.2, 0.25) is 11.8 Å². The first-order valence-corrected chi connectivity index (χ1v) is 9.24. The molecule has 0 bridgehead atoms. The van der Waals surface area contributed by atoms with Crippen LogP contribution in [0, 0.1) is 13.8 Å². The van der Waals surface area contributed by atoms with Crippen LogP contribution in [0.3, 0.4) is 0 Å². The minimum Gasteiger partial charge on any atom is -0.410 e. The monoisotopic (exact) mass is 385 g/mol. The van der Waals surface area contributed by atoms with E-state index < -0.39 is 0 Å². The number of carbonyl (C=O) groups is 2. The van der Waals surface area contributed by atoms with Crippen molar-refractivity contribution in [2.24, 2.45) is 0 Å². The summed E-state index contributed by atoms with van der Waals surface area (Å²) in [6.45, 7) is 3.73. The van der Waals surface area contributed by atoms with E-state index >= 15 is 0 Å². The maximum absolute atomic E-state index is 12.1. The zero-order valence-corrected chi connectivity index (χ0v) is 15.7. The van der Waals surface area contributed by atoms with Gasteiger partial charge in [0.1, 0.15) is 5.69 Å². The molecule has 0 saturated heterocycles. The van der Waals surface area contributed by atoms with Gasteiger partial charge in [0.05, 0.1) is 12.3 Å². The highest BCUT2D eigenvalue weighted by molar-refractivity contribution is 7.99. The van der Waals surface area contributed by atoms with Gasteiger partial charge >= 0.3 is 0 Å². The van der Waals surface area contributed by atoms with Crippen molar-refractivity contribution in [1.82, 2.24) is 20.5 Å². The van der Waals surface area contributed by atoms with Crippen LogP contribution in [-0.2, 0) is 9.59 Å². The van der Waals surface area contributed by atoms with Crippen molar-refractivity contribution in [2.45, 2.75) is 19.1 Å². The molecule has 1 aromatic carbocycles. The summed E-state index contributed by atoms with van der Waals surface area (Å²) in [5, 5.41) is 13.5. The first kappa shape index (κ1) is 18.7. The maximum Gasteiger partial charge on any atom is 0.277 e. The molecule has 0 aliphatic carbocycles. The summed E-state index contributed by atoms with van der Waals surface area (Å²) in [4.78, 5) is 27.0. The lowest BCUT2D eigenvalue weighted by atomic mass is 10.1. The molecule has 2 heterocycles. The van der Waals surface area contributed by atoms with Gasteiger partial charge in [-0.2, -0.15) is 0 Å². The minimum atomic E-state index is -0.295. The van der Waals surface area contributed by atoms with Crippen LogP contribution in [0.2, 0.25) is 0 Å². The van der Waals surface area contributed by atoms with Crippen LogP contribution in [0.4, 0.5) is 5.69 Å². The van der Waals surface area contributed by atoms with E-state index in [4.69, 9.17) is 4.42 Å². The highest BCUT2D eigenvalue weighted by atomic mass is 32.2. The first-order chi connectivity index (χ1) is 13.0. The highest BCUT2D eigenvalue weighted by Gasteiger charge is 2.13. The maximum atomic E-state index is 12.1. The Morgan fingerprint density at radius 2 is 1.89 bits per heavy atom. The van der Waals surface area contributed by atoms with Crippen molar-refractivity contribution in [1.29, 1.82) is 0 Å². The number of nitrogens with one attached hydrogen (secondary N) is 3. The summed E-state index contributed by atoms with van der Waals surface area (Å²) < 4.78 is 5.46. The number of hydrogen-bond donors (Lipinski definition) is 3. The number of anilines is 1. The number of benzene rings is 1. The zero-order chi connectivity index (χ0) is 19.2. The number of H-pyrrole nitrogens is 1. The quantitative estimate of drug-likeness (QED) is 0.539. The SMILES string of the molecule is Cc1cccc(C)c1NC(=O)CNC(=O)CSc1nnc(-c2ccc[nH]2)o1. The van der Waals surface area contributed by atoms with Crippen molar-refractivity contribution in [3.05, 3.63) is 47.7 Å². The van der Waals surface area contributed by atoms with Gasteiger partial charge in [0.25, 0.3) is 11.1 Å². The number of rotatable bonds is 7. The Hall–Kier alpha value is -3.07. The van der Waals surface area contributed by atoms with E-state index in [1.54, 1.807) is 6.20 Å². The molecule has 0 spiro atoms. The second kappa shape index (κ2) is 8.54. The van der Waals surface area contributed by atoms with Gasteiger partial charge in [0, 0.05) is 11.9 Å². The van der Waals surface area contributed by atoms with E-state index in [1.165, 1.54) is 0 Å². The molecule has 0 unspecified atom stereocenters. The molecular weight excluding hydrogens is 366 g/mol. The second-order valence-electron chi connectivity index (χ2n) is 5.84. The lowest BCUT2D eigenvalue weighted by molar-refractivity contribution is -0.122. The van der Waals surface area contributed by atoms with Gasteiger partial charge in [-0.1, -0.05) is 30.0 Å². The first-order valence-electron chi connectivity index (χ1n) is 8.26. The van der Waals surface area contributed by atoms with E-state index in [1.807, 2.05) is 44.2 Å². The molecule has 3 rings (SSSR count). The number of hydrogen-bond acceptors (Lipinski definition) is 6. The fourth-order valence-electron chi connectivity index (χ4n) is 2.39. The molecule has 0 radical (unpaired) electrons. The van der Waals surface area contributed by atoms with Gasteiger partial charge in [0.15, 0.2) is 0 Å². The van der Waals surface area contributed by atoms with Crippen LogP contribution < -0.4 is 10.6 Å².